The molecule has 1 aromatic carbocycles. The fourth-order valence-corrected chi connectivity index (χ4v) is 3.50. The molecule has 0 spiro atoms. The molecular formula is C24H35N7O6. The second kappa shape index (κ2) is 14.6. The summed E-state index contributed by atoms with van der Waals surface area (Å²) in [4.78, 5) is 57.1. The molecule has 37 heavy (non-hydrogen) atoms. The van der Waals surface area contributed by atoms with Gasteiger partial charge in [-0.1, -0.05) is 12.1 Å². The van der Waals surface area contributed by atoms with Crippen LogP contribution in [0.25, 0.3) is 0 Å². The number of benzene rings is 1. The maximum atomic E-state index is 13.2. The molecule has 0 saturated heterocycles. The molecule has 3 amide bonds. The number of phenolic OH excluding ortho intramolecular Hbond substituents is 1. The summed E-state index contributed by atoms with van der Waals surface area (Å²) in [5.74, 6) is -3.11. The average Bonchev–Trinajstić information content (AvgIpc) is 3.36. The minimum atomic E-state index is -1.30. The van der Waals surface area contributed by atoms with Crippen molar-refractivity contribution in [1.29, 1.82) is 0 Å². The Labute approximate surface area is 214 Å². The number of imidazole rings is 1. The number of unbranched alkanes of at least 4 members (excludes halogenated alkanes) is 1. The maximum absolute atomic E-state index is 13.2. The Morgan fingerprint density at radius 3 is 2.14 bits per heavy atom. The highest BCUT2D eigenvalue weighted by molar-refractivity contribution is 5.94. The smallest absolute Gasteiger partial charge is 0.326 e. The molecule has 0 fully saturated rings. The number of nitrogens with one attached hydrogen (secondary N) is 4. The molecular weight excluding hydrogens is 482 g/mol. The minimum Gasteiger partial charge on any atom is -0.508 e. The predicted octanol–water partition coefficient (Wildman–Crippen LogP) is -1.08. The van der Waals surface area contributed by atoms with Crippen molar-refractivity contribution in [2.45, 2.75) is 63.2 Å². The number of hydrogen-bond donors (Lipinski definition) is 8. The van der Waals surface area contributed by atoms with Crippen LogP contribution in [0.1, 0.15) is 37.4 Å². The molecule has 13 heteroatoms. The SMILES string of the molecule is CC(N)C(=O)NC(CCCCN)C(=O)NC(Cc1cnc[nH]1)C(=O)NC(Cc1ccc(O)cc1)C(=O)O. The third-order valence-electron chi connectivity index (χ3n) is 5.60. The summed E-state index contributed by atoms with van der Waals surface area (Å²) in [7, 11) is 0. The number of amides is 3. The number of H-pyrrole nitrogens is 1. The first kappa shape index (κ1) is 29.3. The molecule has 0 aliphatic rings. The van der Waals surface area contributed by atoms with Crippen molar-refractivity contribution >= 4 is 23.7 Å². The van der Waals surface area contributed by atoms with E-state index in [0.717, 1.165) is 0 Å². The van der Waals surface area contributed by atoms with E-state index in [1.807, 2.05) is 0 Å². The molecule has 2 aromatic rings. The van der Waals surface area contributed by atoms with Crippen molar-refractivity contribution < 1.29 is 29.4 Å². The van der Waals surface area contributed by atoms with E-state index in [4.69, 9.17) is 11.5 Å². The van der Waals surface area contributed by atoms with E-state index in [1.165, 1.54) is 31.6 Å². The number of nitrogens with two attached hydrogens (primary N) is 2. The number of aliphatic carboxylic acids is 1. The van der Waals surface area contributed by atoms with Crippen LogP contribution in [0.5, 0.6) is 5.75 Å². The van der Waals surface area contributed by atoms with E-state index in [9.17, 15) is 29.4 Å². The van der Waals surface area contributed by atoms with Crippen molar-refractivity contribution in [2.75, 3.05) is 6.54 Å². The highest BCUT2D eigenvalue weighted by atomic mass is 16.4. The zero-order valence-corrected chi connectivity index (χ0v) is 20.6. The summed E-state index contributed by atoms with van der Waals surface area (Å²) in [6, 6.07) is 1.66. The number of phenols is 1. The van der Waals surface area contributed by atoms with Gasteiger partial charge in [-0.2, -0.15) is 0 Å². The van der Waals surface area contributed by atoms with Gasteiger partial charge in [0.05, 0.1) is 12.4 Å². The number of aromatic amines is 1. The maximum Gasteiger partial charge on any atom is 0.326 e. The molecule has 202 valence electrons. The molecule has 0 aliphatic carbocycles. The molecule has 13 nitrogen and oxygen atoms in total. The zero-order chi connectivity index (χ0) is 27.4. The monoisotopic (exact) mass is 517 g/mol. The van der Waals surface area contributed by atoms with E-state index in [-0.39, 0.29) is 25.0 Å². The number of carboxylic acids is 1. The average molecular weight is 518 g/mol. The van der Waals surface area contributed by atoms with Crippen LogP contribution < -0.4 is 27.4 Å². The Bertz CT molecular complexity index is 1030. The van der Waals surface area contributed by atoms with Gasteiger partial charge in [-0.3, -0.25) is 14.4 Å². The summed E-state index contributed by atoms with van der Waals surface area (Å²) in [6.45, 7) is 1.90. The Balaban J connectivity index is 2.19. The summed E-state index contributed by atoms with van der Waals surface area (Å²) < 4.78 is 0. The minimum absolute atomic E-state index is 0.000119. The van der Waals surface area contributed by atoms with Crippen molar-refractivity contribution in [2.24, 2.45) is 11.5 Å². The van der Waals surface area contributed by atoms with Crippen molar-refractivity contribution in [3.05, 3.63) is 48.0 Å². The van der Waals surface area contributed by atoms with Gasteiger partial charge in [0.2, 0.25) is 17.7 Å². The van der Waals surface area contributed by atoms with E-state index in [1.54, 1.807) is 12.1 Å². The summed E-state index contributed by atoms with van der Waals surface area (Å²) in [5, 5.41) is 26.8. The van der Waals surface area contributed by atoms with Crippen molar-refractivity contribution in [3.8, 4) is 5.75 Å². The zero-order valence-electron chi connectivity index (χ0n) is 20.6. The number of hydrogen-bond acceptors (Lipinski definition) is 8. The summed E-state index contributed by atoms with van der Waals surface area (Å²) in [6.07, 6.45) is 4.31. The lowest BCUT2D eigenvalue weighted by atomic mass is 10.0. The van der Waals surface area contributed by atoms with Gasteiger partial charge in [0.1, 0.15) is 23.9 Å². The number of nitrogens with zero attached hydrogens (tertiary/aromatic N) is 1. The Kier molecular flexibility index (Phi) is 11.5. The van der Waals surface area contributed by atoms with Crippen molar-refractivity contribution in [3.63, 3.8) is 0 Å². The normalized spacial score (nSPS) is 14.1. The standard InChI is InChI=1S/C24H35N7O6/c1-14(26)21(33)29-18(4-2-3-9-25)22(34)30-19(11-16-12-27-13-28-16)23(35)31-20(24(36)37)10-15-5-7-17(32)8-6-15/h5-8,12-14,18-20,32H,2-4,9-11,25-26H2,1H3,(H,27,28)(H,29,33)(H,30,34)(H,31,35)(H,36,37). The number of aromatic nitrogens is 2. The molecule has 0 radical (unpaired) electrons. The molecule has 0 saturated carbocycles. The lowest BCUT2D eigenvalue weighted by molar-refractivity contribution is -0.142. The predicted molar refractivity (Wildman–Crippen MR) is 134 cm³/mol. The molecule has 4 unspecified atom stereocenters. The second-order valence-electron chi connectivity index (χ2n) is 8.75. The Morgan fingerprint density at radius 1 is 0.946 bits per heavy atom. The van der Waals surface area contributed by atoms with Gasteiger partial charge in [0.25, 0.3) is 0 Å². The van der Waals surface area contributed by atoms with Crippen LogP contribution in [-0.2, 0) is 32.0 Å². The number of carboxylic acid groups (broad SMARTS) is 1. The highest BCUT2D eigenvalue weighted by Crippen LogP contribution is 2.12. The van der Waals surface area contributed by atoms with Gasteiger partial charge in [0, 0.05) is 24.7 Å². The number of rotatable bonds is 15. The first-order valence-corrected chi connectivity index (χ1v) is 12.0. The van der Waals surface area contributed by atoms with E-state index >= 15 is 0 Å². The van der Waals surface area contributed by atoms with Gasteiger partial charge in [-0.15, -0.1) is 0 Å². The highest BCUT2D eigenvalue weighted by Gasteiger charge is 2.30. The van der Waals surface area contributed by atoms with Crippen LogP contribution in [-0.4, -0.2) is 74.6 Å². The third kappa shape index (κ3) is 9.89. The van der Waals surface area contributed by atoms with Gasteiger partial charge in [0.15, 0.2) is 0 Å². The second-order valence-corrected chi connectivity index (χ2v) is 8.75. The fourth-order valence-electron chi connectivity index (χ4n) is 3.50. The van der Waals surface area contributed by atoms with Crippen LogP contribution in [0.2, 0.25) is 0 Å². The van der Waals surface area contributed by atoms with Crippen LogP contribution in [0.4, 0.5) is 0 Å². The molecule has 0 aliphatic heterocycles. The third-order valence-corrected chi connectivity index (χ3v) is 5.60. The topological polar surface area (TPSA) is 226 Å². The molecule has 0 bridgehead atoms. The van der Waals surface area contributed by atoms with Gasteiger partial charge in [-0.25, -0.2) is 9.78 Å². The number of carbonyl (C=O) groups excluding carboxylic acids is 3. The van der Waals surface area contributed by atoms with Crippen LogP contribution >= 0.6 is 0 Å². The lowest BCUT2D eigenvalue weighted by Crippen LogP contribution is -2.57. The van der Waals surface area contributed by atoms with Gasteiger partial charge >= 0.3 is 5.97 Å². The van der Waals surface area contributed by atoms with E-state index in [0.29, 0.717) is 30.6 Å². The quantitative estimate of drug-likeness (QED) is 0.134. The van der Waals surface area contributed by atoms with Crippen molar-refractivity contribution in [1.82, 2.24) is 25.9 Å². The summed E-state index contributed by atoms with van der Waals surface area (Å²) in [5.41, 5.74) is 12.3. The van der Waals surface area contributed by atoms with E-state index < -0.39 is 47.9 Å². The van der Waals surface area contributed by atoms with Crippen LogP contribution in [0.3, 0.4) is 0 Å². The molecule has 1 aromatic heterocycles. The van der Waals surface area contributed by atoms with Gasteiger partial charge in [-0.05, 0) is 50.4 Å². The lowest BCUT2D eigenvalue weighted by Gasteiger charge is -2.25. The van der Waals surface area contributed by atoms with Crippen LogP contribution in [0.15, 0.2) is 36.8 Å². The van der Waals surface area contributed by atoms with Crippen LogP contribution in [0, 0.1) is 0 Å². The summed E-state index contributed by atoms with van der Waals surface area (Å²) >= 11 is 0. The molecule has 4 atom stereocenters. The van der Waals surface area contributed by atoms with E-state index in [2.05, 4.69) is 25.9 Å². The molecule has 1 heterocycles. The number of carbonyl (C=O) groups is 4. The first-order chi connectivity index (χ1) is 17.6. The molecule has 2 rings (SSSR count). The molecule has 10 N–H and O–H groups in total. The Morgan fingerprint density at radius 2 is 1.57 bits per heavy atom. The largest absolute Gasteiger partial charge is 0.508 e. The fraction of sp³-hybridized carbons (Fsp3) is 0.458. The Hall–Kier alpha value is -3.97. The first-order valence-electron chi connectivity index (χ1n) is 12.0. The number of aromatic hydroxyl groups is 1. The van der Waals surface area contributed by atoms with Gasteiger partial charge < -0.3 is 42.6 Å².